The van der Waals surface area contributed by atoms with E-state index in [0.717, 1.165) is 0 Å². The fourth-order valence-corrected chi connectivity index (χ4v) is 4.26. The summed E-state index contributed by atoms with van der Waals surface area (Å²) < 4.78 is 0. The summed E-state index contributed by atoms with van der Waals surface area (Å²) >= 11 is 0. The Morgan fingerprint density at radius 3 is 0.750 bits per heavy atom. The molecule has 0 saturated carbocycles. The van der Waals surface area contributed by atoms with Gasteiger partial charge in [0.25, 0.3) is 0 Å². The predicted molar refractivity (Wildman–Crippen MR) is 148 cm³/mol. The maximum Gasteiger partial charge on any atom is 0.000442 e. The van der Waals surface area contributed by atoms with Gasteiger partial charge in [0.1, 0.15) is 0 Å². The molecule has 0 aromatic carbocycles. The SMILES string of the molecule is C1=CC=CNC=C1.CCCCCCCCCCCCCCCCCCCCCCCCC. The van der Waals surface area contributed by atoms with E-state index in [2.05, 4.69) is 19.2 Å². The molecular formula is C31H59N. The second-order valence-electron chi connectivity index (χ2n) is 9.69. The molecule has 0 saturated heterocycles. The first-order chi connectivity index (χ1) is 15.9. The summed E-state index contributed by atoms with van der Waals surface area (Å²) in [5, 5.41) is 2.92. The van der Waals surface area contributed by atoms with Crippen LogP contribution in [-0.2, 0) is 0 Å². The molecule has 1 heterocycles. The Morgan fingerprint density at radius 2 is 0.531 bits per heavy atom. The first-order valence-electron chi connectivity index (χ1n) is 14.7. The molecule has 1 aliphatic rings. The van der Waals surface area contributed by atoms with Crippen molar-refractivity contribution >= 4 is 0 Å². The van der Waals surface area contributed by atoms with Gasteiger partial charge < -0.3 is 5.32 Å². The van der Waals surface area contributed by atoms with Crippen LogP contribution in [0.25, 0.3) is 0 Å². The Balaban J connectivity index is 0.00000115. The fraction of sp³-hybridized carbons (Fsp3) is 0.806. The van der Waals surface area contributed by atoms with Gasteiger partial charge in [-0.15, -0.1) is 0 Å². The van der Waals surface area contributed by atoms with E-state index >= 15 is 0 Å². The zero-order chi connectivity index (χ0) is 23.2. The topological polar surface area (TPSA) is 12.0 Å². The molecule has 0 fully saturated rings. The van der Waals surface area contributed by atoms with Crippen molar-refractivity contribution in [1.29, 1.82) is 0 Å². The maximum absolute atomic E-state index is 2.92. The molecule has 1 rings (SSSR count). The van der Waals surface area contributed by atoms with Gasteiger partial charge in [0, 0.05) is 12.4 Å². The summed E-state index contributed by atoms with van der Waals surface area (Å²) in [5.74, 6) is 0. The molecule has 0 spiro atoms. The van der Waals surface area contributed by atoms with Crippen molar-refractivity contribution in [2.24, 2.45) is 0 Å². The van der Waals surface area contributed by atoms with E-state index in [1.54, 1.807) is 0 Å². The van der Waals surface area contributed by atoms with Crippen LogP contribution in [0.4, 0.5) is 0 Å². The Hall–Kier alpha value is -0.980. The minimum absolute atomic E-state index is 1.37. The molecule has 1 heteroatoms. The van der Waals surface area contributed by atoms with Gasteiger partial charge in [-0.05, 0) is 12.2 Å². The number of rotatable bonds is 22. The molecule has 0 radical (unpaired) electrons. The normalized spacial score (nSPS) is 12.3. The molecule has 0 amide bonds. The minimum Gasteiger partial charge on any atom is -0.368 e. The number of hydrogen-bond donors (Lipinski definition) is 1. The first-order valence-corrected chi connectivity index (χ1v) is 14.7. The smallest absolute Gasteiger partial charge is 0.000442 e. The van der Waals surface area contributed by atoms with Gasteiger partial charge in [-0.2, -0.15) is 0 Å². The number of allylic oxidation sites excluding steroid dienone is 4. The third kappa shape index (κ3) is 29.0. The van der Waals surface area contributed by atoms with Crippen LogP contribution in [0.3, 0.4) is 0 Å². The third-order valence-corrected chi connectivity index (χ3v) is 6.43. The lowest BCUT2D eigenvalue weighted by Gasteiger charge is -2.04. The lowest BCUT2D eigenvalue weighted by atomic mass is 10.0. The molecule has 32 heavy (non-hydrogen) atoms. The van der Waals surface area contributed by atoms with Gasteiger partial charge in [0.2, 0.25) is 0 Å². The zero-order valence-corrected chi connectivity index (χ0v) is 22.2. The summed E-state index contributed by atoms with van der Waals surface area (Å²) in [5.41, 5.74) is 0. The lowest BCUT2D eigenvalue weighted by molar-refractivity contribution is 0.519. The highest BCUT2D eigenvalue weighted by atomic mass is 14.8. The van der Waals surface area contributed by atoms with Crippen LogP contribution >= 0.6 is 0 Å². The van der Waals surface area contributed by atoms with E-state index in [9.17, 15) is 0 Å². The Labute approximate surface area is 203 Å². The van der Waals surface area contributed by atoms with Gasteiger partial charge in [0.15, 0.2) is 0 Å². The summed E-state index contributed by atoms with van der Waals surface area (Å²) in [6.45, 7) is 4.60. The average molecular weight is 446 g/mol. The second kappa shape index (κ2) is 30.0. The highest BCUT2D eigenvalue weighted by Crippen LogP contribution is 2.15. The van der Waals surface area contributed by atoms with Gasteiger partial charge in [-0.3, -0.25) is 0 Å². The van der Waals surface area contributed by atoms with Crippen LogP contribution in [-0.4, -0.2) is 0 Å². The molecule has 188 valence electrons. The van der Waals surface area contributed by atoms with Gasteiger partial charge >= 0.3 is 0 Å². The lowest BCUT2D eigenvalue weighted by Crippen LogP contribution is -1.87. The van der Waals surface area contributed by atoms with E-state index in [4.69, 9.17) is 0 Å². The van der Waals surface area contributed by atoms with Crippen molar-refractivity contribution in [2.45, 2.75) is 162 Å². The van der Waals surface area contributed by atoms with E-state index in [0.29, 0.717) is 0 Å². The van der Waals surface area contributed by atoms with E-state index < -0.39 is 0 Å². The van der Waals surface area contributed by atoms with Crippen LogP contribution in [0.5, 0.6) is 0 Å². The van der Waals surface area contributed by atoms with E-state index in [1.165, 1.54) is 148 Å². The zero-order valence-electron chi connectivity index (χ0n) is 22.2. The molecule has 0 bridgehead atoms. The van der Waals surface area contributed by atoms with Crippen LogP contribution in [0.15, 0.2) is 36.7 Å². The van der Waals surface area contributed by atoms with Crippen LogP contribution < -0.4 is 5.32 Å². The molecule has 0 aromatic rings. The van der Waals surface area contributed by atoms with Crippen molar-refractivity contribution in [2.75, 3.05) is 0 Å². The standard InChI is InChI=1S/C25H52.C6H7N/c1-3-5-7-9-11-13-15-17-19-21-23-25-24-22-20-18-16-14-12-10-8-6-4-2;1-2-4-6-7-5-3-1/h3-25H2,1-2H3;1-7H. The second-order valence-corrected chi connectivity index (χ2v) is 9.69. The molecule has 0 unspecified atom stereocenters. The van der Waals surface area contributed by atoms with Crippen molar-refractivity contribution in [3.8, 4) is 0 Å². The molecule has 1 N–H and O–H groups in total. The van der Waals surface area contributed by atoms with Gasteiger partial charge in [-0.1, -0.05) is 174 Å². The van der Waals surface area contributed by atoms with Crippen molar-refractivity contribution < 1.29 is 0 Å². The Kier molecular flexibility index (Phi) is 29.1. The van der Waals surface area contributed by atoms with Crippen molar-refractivity contribution in [3.05, 3.63) is 36.7 Å². The Morgan fingerprint density at radius 1 is 0.312 bits per heavy atom. The fourth-order valence-electron chi connectivity index (χ4n) is 4.26. The minimum atomic E-state index is 1.37. The van der Waals surface area contributed by atoms with Crippen molar-refractivity contribution in [3.63, 3.8) is 0 Å². The Bertz CT molecular complexity index is 371. The van der Waals surface area contributed by atoms with Gasteiger partial charge in [-0.25, -0.2) is 0 Å². The maximum atomic E-state index is 2.92. The number of unbranched alkanes of at least 4 members (excludes halogenated alkanes) is 22. The monoisotopic (exact) mass is 445 g/mol. The van der Waals surface area contributed by atoms with Crippen LogP contribution in [0.1, 0.15) is 162 Å². The summed E-state index contributed by atoms with van der Waals surface area (Å²) in [6, 6.07) is 0. The quantitative estimate of drug-likeness (QED) is 0.163. The number of nitrogens with one attached hydrogen (secondary N) is 1. The highest BCUT2D eigenvalue weighted by Gasteiger charge is 1.95. The molecule has 1 aliphatic heterocycles. The summed E-state index contributed by atoms with van der Waals surface area (Å²) in [6.07, 6.45) is 45.5. The summed E-state index contributed by atoms with van der Waals surface area (Å²) in [4.78, 5) is 0. The first kappa shape index (κ1) is 31.0. The van der Waals surface area contributed by atoms with Crippen molar-refractivity contribution in [1.82, 2.24) is 5.32 Å². The third-order valence-electron chi connectivity index (χ3n) is 6.43. The molecule has 1 nitrogen and oxygen atoms in total. The van der Waals surface area contributed by atoms with E-state index in [1.807, 2.05) is 36.7 Å². The summed E-state index contributed by atoms with van der Waals surface area (Å²) in [7, 11) is 0. The van der Waals surface area contributed by atoms with Crippen LogP contribution in [0.2, 0.25) is 0 Å². The number of hydrogen-bond acceptors (Lipinski definition) is 1. The van der Waals surface area contributed by atoms with E-state index in [-0.39, 0.29) is 0 Å². The predicted octanol–water partition coefficient (Wildman–Crippen LogP) is 11.2. The molecule has 0 atom stereocenters. The highest BCUT2D eigenvalue weighted by molar-refractivity contribution is 5.14. The molecule has 0 aliphatic carbocycles. The molecule has 0 aromatic heterocycles. The average Bonchev–Trinajstić information content (AvgIpc) is 3.14. The van der Waals surface area contributed by atoms with Crippen LogP contribution in [0, 0.1) is 0 Å². The van der Waals surface area contributed by atoms with Gasteiger partial charge in [0.05, 0.1) is 0 Å². The largest absolute Gasteiger partial charge is 0.368 e. The molecular weight excluding hydrogens is 386 g/mol.